The molecular weight excluding hydrogens is 458 g/mol. The number of nitrogens with zero attached hydrogens (tertiary/aromatic N) is 1. The van der Waals surface area contributed by atoms with Crippen LogP contribution in [0, 0.1) is 17.8 Å². The molecule has 3 unspecified atom stereocenters. The van der Waals surface area contributed by atoms with E-state index >= 15 is 0 Å². The molecule has 0 radical (unpaired) electrons. The molecule has 1 aromatic rings. The number of rotatable bonds is 21. The summed E-state index contributed by atoms with van der Waals surface area (Å²) in [6, 6.07) is -0.284. The zero-order valence-electron chi connectivity index (χ0n) is 22.7. The summed E-state index contributed by atoms with van der Waals surface area (Å²) in [6.45, 7) is 11.6. The molecule has 35 heavy (non-hydrogen) atoms. The number of aromatic nitrogens is 1. The molecule has 0 saturated heterocycles. The van der Waals surface area contributed by atoms with Crippen molar-refractivity contribution in [3.8, 4) is 0 Å². The van der Waals surface area contributed by atoms with Crippen LogP contribution < -0.4 is 11.1 Å². The first-order valence-corrected chi connectivity index (χ1v) is 14.5. The number of hydrogen-bond donors (Lipinski definition) is 2. The molecular formula is C28H49N3O3S. The third-order valence-electron chi connectivity index (χ3n) is 6.44. The van der Waals surface area contributed by atoms with Crippen LogP contribution in [0.15, 0.2) is 28.5 Å². The fourth-order valence-corrected chi connectivity index (χ4v) is 5.19. The van der Waals surface area contributed by atoms with Crippen molar-refractivity contribution in [1.82, 2.24) is 4.98 Å². The predicted molar refractivity (Wildman–Crippen MR) is 149 cm³/mol. The molecule has 1 heterocycles. The van der Waals surface area contributed by atoms with Gasteiger partial charge in [-0.2, -0.15) is 11.8 Å². The van der Waals surface area contributed by atoms with Gasteiger partial charge in [-0.3, -0.25) is 9.59 Å². The van der Waals surface area contributed by atoms with Crippen LogP contribution in [0.3, 0.4) is 0 Å². The van der Waals surface area contributed by atoms with Gasteiger partial charge >= 0.3 is 0 Å². The number of oxazole rings is 1. The molecule has 0 aliphatic carbocycles. The van der Waals surface area contributed by atoms with Crippen LogP contribution in [0.25, 0.3) is 0 Å². The Bertz CT molecular complexity index is 734. The number of allylic oxidation sites excluding steroid dienone is 1. The van der Waals surface area contributed by atoms with Crippen LogP contribution in [0.4, 0.5) is 6.01 Å². The average Bonchev–Trinajstić information content (AvgIpc) is 3.28. The third-order valence-corrected chi connectivity index (χ3v) is 7.41. The smallest absolute Gasteiger partial charge is 0.295 e. The van der Waals surface area contributed by atoms with Crippen LogP contribution in [0.1, 0.15) is 98.8 Å². The minimum Gasteiger partial charge on any atom is -0.432 e. The monoisotopic (exact) mass is 507 g/mol. The molecule has 1 amide bonds. The molecule has 0 aromatic carbocycles. The van der Waals surface area contributed by atoms with Crippen molar-refractivity contribution >= 4 is 29.5 Å². The van der Waals surface area contributed by atoms with Crippen LogP contribution in [0.5, 0.6) is 0 Å². The second kappa shape index (κ2) is 18.5. The maximum Gasteiger partial charge on any atom is 0.295 e. The molecule has 3 atom stereocenters. The van der Waals surface area contributed by atoms with Gasteiger partial charge in [0.05, 0.1) is 18.7 Å². The Hall–Kier alpha value is -1.76. The van der Waals surface area contributed by atoms with Crippen molar-refractivity contribution in [2.24, 2.45) is 23.5 Å². The van der Waals surface area contributed by atoms with E-state index in [1.807, 2.05) is 0 Å². The van der Waals surface area contributed by atoms with Gasteiger partial charge in [0.25, 0.3) is 6.01 Å². The predicted octanol–water partition coefficient (Wildman–Crippen LogP) is 7.02. The summed E-state index contributed by atoms with van der Waals surface area (Å²) in [7, 11) is 0. The highest BCUT2D eigenvalue weighted by molar-refractivity contribution is 7.99. The number of Topliss-reactive ketones (excluding diaryl/α,β-unsaturated/α-hetero) is 1. The third kappa shape index (κ3) is 16.5. The zero-order valence-corrected chi connectivity index (χ0v) is 23.5. The lowest BCUT2D eigenvalue weighted by Crippen LogP contribution is -2.35. The Morgan fingerprint density at radius 2 is 1.69 bits per heavy atom. The molecule has 6 nitrogen and oxygen atoms in total. The largest absolute Gasteiger partial charge is 0.432 e. The number of ketones is 1. The van der Waals surface area contributed by atoms with Gasteiger partial charge < -0.3 is 15.5 Å². The van der Waals surface area contributed by atoms with Crippen LogP contribution >= 0.6 is 11.8 Å². The van der Waals surface area contributed by atoms with Crippen LogP contribution in [-0.4, -0.2) is 34.2 Å². The van der Waals surface area contributed by atoms with Gasteiger partial charge in [0.1, 0.15) is 6.26 Å². The highest BCUT2D eigenvalue weighted by Crippen LogP contribution is 2.22. The second-order valence-electron chi connectivity index (χ2n) is 10.6. The van der Waals surface area contributed by atoms with Gasteiger partial charge in [0, 0.05) is 11.5 Å². The molecule has 0 fully saturated rings. The van der Waals surface area contributed by atoms with Crippen molar-refractivity contribution in [2.45, 2.75) is 105 Å². The molecule has 1 rings (SSSR count). The summed E-state index contributed by atoms with van der Waals surface area (Å²) >= 11 is 1.65. The summed E-state index contributed by atoms with van der Waals surface area (Å²) in [4.78, 5) is 27.5. The van der Waals surface area contributed by atoms with E-state index in [1.165, 1.54) is 69.4 Å². The Morgan fingerprint density at radius 1 is 1.06 bits per heavy atom. The number of hydrogen-bond acceptors (Lipinski definition) is 6. The first-order valence-electron chi connectivity index (χ1n) is 13.4. The molecule has 0 aliphatic heterocycles. The number of carbonyl (C=O) groups excluding carboxylic acids is 2. The Morgan fingerprint density at radius 3 is 2.26 bits per heavy atom. The number of primary amides is 1. The summed E-state index contributed by atoms with van der Waals surface area (Å²) in [5.74, 6) is 2.95. The standard InChI is InChI=1S/C28H49N3O3S/c1-21(2)9-6-10-22(3)11-7-12-23(4)13-8-14-24(5)15-18-35-20-25(26(32)19-27(29)33)31-28-30-16-17-34-28/h15-17,21-23,25H,6-14,18-20H2,1-5H3,(H2,29,33)(H,30,31)/b24-15+. The van der Waals surface area contributed by atoms with Gasteiger partial charge in [-0.25, -0.2) is 4.98 Å². The number of anilines is 1. The molecule has 200 valence electrons. The van der Waals surface area contributed by atoms with E-state index < -0.39 is 11.9 Å². The number of thioether (sulfide) groups is 1. The number of nitrogens with one attached hydrogen (secondary N) is 1. The van der Waals surface area contributed by atoms with E-state index in [2.05, 4.69) is 51.0 Å². The van der Waals surface area contributed by atoms with E-state index in [1.54, 1.807) is 11.8 Å². The van der Waals surface area contributed by atoms with E-state index in [0.717, 1.165) is 29.9 Å². The van der Waals surface area contributed by atoms with E-state index in [4.69, 9.17) is 10.2 Å². The summed E-state index contributed by atoms with van der Waals surface area (Å²) < 4.78 is 5.17. The zero-order chi connectivity index (χ0) is 26.1. The number of carbonyl (C=O) groups is 2. The lowest BCUT2D eigenvalue weighted by Gasteiger charge is -2.15. The molecule has 7 heteroatoms. The van der Waals surface area contributed by atoms with Crippen molar-refractivity contribution in [3.63, 3.8) is 0 Å². The minimum absolute atomic E-state index is 0.247. The van der Waals surface area contributed by atoms with Gasteiger partial charge in [-0.1, -0.05) is 84.3 Å². The van der Waals surface area contributed by atoms with Crippen LogP contribution in [-0.2, 0) is 9.59 Å². The maximum absolute atomic E-state index is 12.3. The summed E-state index contributed by atoms with van der Waals surface area (Å²) in [5, 5.41) is 2.96. The van der Waals surface area contributed by atoms with Gasteiger partial charge in [0.2, 0.25) is 5.91 Å². The van der Waals surface area contributed by atoms with Crippen molar-refractivity contribution in [3.05, 3.63) is 24.1 Å². The van der Waals surface area contributed by atoms with Crippen molar-refractivity contribution in [1.29, 1.82) is 0 Å². The van der Waals surface area contributed by atoms with E-state index in [9.17, 15) is 9.59 Å². The summed E-state index contributed by atoms with van der Waals surface area (Å²) in [6.07, 6.45) is 16.7. The fraction of sp³-hybridized carbons (Fsp3) is 0.750. The molecule has 0 spiro atoms. The highest BCUT2D eigenvalue weighted by atomic mass is 32.2. The highest BCUT2D eigenvalue weighted by Gasteiger charge is 2.21. The normalized spacial score (nSPS) is 14.6. The number of amides is 1. The molecule has 0 saturated carbocycles. The first-order chi connectivity index (χ1) is 16.7. The molecule has 0 bridgehead atoms. The minimum atomic E-state index is -0.625. The molecule has 0 aliphatic rings. The van der Waals surface area contributed by atoms with Gasteiger partial charge in [0.15, 0.2) is 5.78 Å². The lowest BCUT2D eigenvalue weighted by atomic mass is 9.91. The molecule has 1 aromatic heterocycles. The summed E-state index contributed by atoms with van der Waals surface area (Å²) in [5.41, 5.74) is 6.58. The van der Waals surface area contributed by atoms with Crippen LogP contribution in [0.2, 0.25) is 0 Å². The van der Waals surface area contributed by atoms with Crippen molar-refractivity contribution in [2.75, 3.05) is 16.8 Å². The van der Waals surface area contributed by atoms with Gasteiger partial charge in [-0.15, -0.1) is 0 Å². The Balaban J connectivity index is 2.22. The fourth-order valence-electron chi connectivity index (χ4n) is 4.15. The van der Waals surface area contributed by atoms with Crippen molar-refractivity contribution < 1.29 is 14.0 Å². The second-order valence-corrected chi connectivity index (χ2v) is 11.7. The van der Waals surface area contributed by atoms with Gasteiger partial charge in [-0.05, 0) is 37.5 Å². The maximum atomic E-state index is 12.3. The average molecular weight is 508 g/mol. The van der Waals surface area contributed by atoms with E-state index in [0.29, 0.717) is 5.75 Å². The SMILES string of the molecule is C/C(=C\CSCC(Nc1ncco1)C(=O)CC(N)=O)CCCC(C)CCCC(C)CCCC(C)C. The topological polar surface area (TPSA) is 98.2 Å². The Labute approximate surface area is 217 Å². The number of nitrogens with two attached hydrogens (primary N) is 1. The lowest BCUT2D eigenvalue weighted by molar-refractivity contribution is -0.126. The van der Waals surface area contributed by atoms with E-state index in [-0.39, 0.29) is 18.2 Å². The first kappa shape index (κ1) is 31.3. The molecule has 3 N–H and O–H groups in total. The quantitative estimate of drug-likeness (QED) is 0.105. The Kier molecular flexibility index (Phi) is 16.5.